The summed E-state index contributed by atoms with van der Waals surface area (Å²) in [6.45, 7) is 5.00. The molecule has 0 amide bonds. The first-order valence-electron chi connectivity index (χ1n) is 9.00. The average molecular weight is 437 g/mol. The van der Waals surface area contributed by atoms with Gasteiger partial charge in [0.25, 0.3) is 5.69 Å². The zero-order chi connectivity index (χ0) is 22.2. The number of H-pyrrole nitrogens is 1. The maximum absolute atomic E-state index is 12.5. The van der Waals surface area contributed by atoms with Gasteiger partial charge in [-0.1, -0.05) is 6.92 Å². The summed E-state index contributed by atoms with van der Waals surface area (Å²) >= 11 is 0. The van der Waals surface area contributed by atoms with Crippen molar-refractivity contribution in [2.75, 3.05) is 0 Å². The van der Waals surface area contributed by atoms with Crippen LogP contribution in [0, 0.1) is 17.0 Å². The molecular weight excluding hydrogens is 417 g/mol. The summed E-state index contributed by atoms with van der Waals surface area (Å²) in [6, 6.07) is 2.39. The molecule has 0 aliphatic carbocycles. The first-order chi connectivity index (χ1) is 14.0. The molecule has 2 unspecified atom stereocenters. The molecule has 12 nitrogen and oxygen atoms in total. The fraction of sp³-hybridized carbons (Fsp3) is 0.353. The molecule has 0 fully saturated rings. The number of nitrogens with one attached hydrogen (secondary N) is 1. The van der Waals surface area contributed by atoms with Crippen LogP contribution < -0.4 is 11.1 Å². The molecule has 1 aromatic carbocycles. The molecule has 2 atom stereocenters. The van der Waals surface area contributed by atoms with Gasteiger partial charge in [-0.3, -0.25) is 33.4 Å². The van der Waals surface area contributed by atoms with Crippen LogP contribution in [0.15, 0.2) is 34.1 Å². The average Bonchev–Trinajstić information content (AvgIpc) is 3.09. The van der Waals surface area contributed by atoms with Crippen LogP contribution in [0.2, 0.25) is 0 Å². The molecule has 0 radical (unpaired) electrons. The van der Waals surface area contributed by atoms with Crippen molar-refractivity contribution in [3.05, 3.63) is 61.2 Å². The highest BCUT2D eigenvalue weighted by molar-refractivity contribution is 7.51. The van der Waals surface area contributed by atoms with E-state index < -0.39 is 36.0 Å². The summed E-state index contributed by atoms with van der Waals surface area (Å²) in [7, 11) is -4.30. The molecule has 2 N–H and O–H groups in total. The Morgan fingerprint density at radius 3 is 2.67 bits per heavy atom. The van der Waals surface area contributed by atoms with Gasteiger partial charge in [0.15, 0.2) is 0 Å². The largest absolute Gasteiger partial charge is 0.348 e. The number of nitro groups is 1. The van der Waals surface area contributed by atoms with Crippen molar-refractivity contribution < 1.29 is 18.9 Å². The second kappa shape index (κ2) is 7.98. The number of rotatable bonds is 7. The predicted molar refractivity (Wildman–Crippen MR) is 108 cm³/mol. The number of fused-ring (bicyclic) bond motifs is 1. The minimum absolute atomic E-state index is 0.0311. The fourth-order valence-corrected chi connectivity index (χ4v) is 4.39. The second-order valence-electron chi connectivity index (χ2n) is 6.75. The first-order valence-corrected chi connectivity index (χ1v) is 10.8. The van der Waals surface area contributed by atoms with Crippen molar-refractivity contribution in [2.45, 2.75) is 39.6 Å². The molecule has 2 heterocycles. The van der Waals surface area contributed by atoms with Crippen LogP contribution in [0.4, 0.5) is 5.69 Å². The minimum Gasteiger partial charge on any atom is -0.323 e. The summed E-state index contributed by atoms with van der Waals surface area (Å²) in [4.78, 5) is 52.1. The van der Waals surface area contributed by atoms with Gasteiger partial charge < -0.3 is 14.4 Å². The Bertz CT molecular complexity index is 1290. The van der Waals surface area contributed by atoms with Crippen molar-refractivity contribution in [1.82, 2.24) is 19.1 Å². The topological polar surface area (TPSA) is 162 Å². The van der Waals surface area contributed by atoms with Crippen LogP contribution >= 0.6 is 7.60 Å². The van der Waals surface area contributed by atoms with Gasteiger partial charge in [-0.15, -0.1) is 0 Å². The molecule has 0 aliphatic rings. The Morgan fingerprint density at radius 1 is 1.40 bits per heavy atom. The molecule has 30 heavy (non-hydrogen) atoms. The second-order valence-corrected chi connectivity index (χ2v) is 8.52. The lowest BCUT2D eigenvalue weighted by Gasteiger charge is -2.19. The zero-order valence-electron chi connectivity index (χ0n) is 16.4. The third-order valence-corrected chi connectivity index (χ3v) is 5.92. The van der Waals surface area contributed by atoms with E-state index in [2.05, 4.69) is 9.97 Å². The number of imidazole rings is 1. The van der Waals surface area contributed by atoms with E-state index in [-0.39, 0.29) is 22.4 Å². The molecule has 160 valence electrons. The molecule has 13 heteroatoms. The maximum atomic E-state index is 12.5. The van der Waals surface area contributed by atoms with Crippen LogP contribution in [0.25, 0.3) is 16.7 Å². The van der Waals surface area contributed by atoms with Crippen LogP contribution in [-0.2, 0) is 15.4 Å². The lowest BCUT2D eigenvalue weighted by molar-refractivity contribution is -0.384. The summed E-state index contributed by atoms with van der Waals surface area (Å²) in [6.07, 6.45) is 2.09. The highest BCUT2D eigenvalue weighted by Gasteiger charge is 2.27. The predicted octanol–water partition coefficient (Wildman–Crippen LogP) is 2.05. The third kappa shape index (κ3) is 4.11. The monoisotopic (exact) mass is 437 g/mol. The van der Waals surface area contributed by atoms with Gasteiger partial charge in [-0.05, 0) is 26.3 Å². The van der Waals surface area contributed by atoms with Crippen LogP contribution in [-0.4, -0.2) is 35.0 Å². The lowest BCUT2D eigenvalue weighted by atomic mass is 10.2. The van der Waals surface area contributed by atoms with Gasteiger partial charge in [0.2, 0.25) is 0 Å². The van der Waals surface area contributed by atoms with Crippen LogP contribution in [0.1, 0.15) is 26.1 Å². The highest BCUT2D eigenvalue weighted by atomic mass is 31.2. The smallest absolute Gasteiger partial charge is 0.323 e. The molecule has 0 aliphatic heterocycles. The molecule has 0 saturated carbocycles. The SMILES string of the molecule is CCC(C)OP(=O)(O)Cn1c(=O)c(=O)[nH]c2cc([N+](=O)[O-])c(-n3ccnc3C)cc21. The zero-order valence-corrected chi connectivity index (χ0v) is 17.3. The van der Waals surface area contributed by atoms with Crippen molar-refractivity contribution >= 4 is 24.3 Å². The molecule has 3 rings (SSSR count). The van der Waals surface area contributed by atoms with Crippen molar-refractivity contribution in [2.24, 2.45) is 0 Å². The first kappa shape index (κ1) is 21.6. The number of nitrogens with zero attached hydrogens (tertiary/aromatic N) is 4. The highest BCUT2D eigenvalue weighted by Crippen LogP contribution is 2.45. The quantitative estimate of drug-likeness (QED) is 0.245. The fourth-order valence-electron chi connectivity index (χ4n) is 2.98. The number of nitro benzene ring substituents is 1. The number of aromatic nitrogens is 4. The van der Waals surface area contributed by atoms with Gasteiger partial charge in [-0.25, -0.2) is 4.98 Å². The molecular formula is C17H20N5O7P. The third-order valence-electron chi connectivity index (χ3n) is 4.59. The number of aryl methyl sites for hydroxylation is 1. The van der Waals surface area contributed by atoms with Gasteiger partial charge >= 0.3 is 18.7 Å². The molecule has 2 aromatic heterocycles. The molecule has 0 saturated heterocycles. The van der Waals surface area contributed by atoms with E-state index in [0.717, 1.165) is 10.6 Å². The Labute approximate surface area is 169 Å². The maximum Gasteiger partial charge on any atom is 0.348 e. The summed E-state index contributed by atoms with van der Waals surface area (Å²) in [5.41, 5.74) is -2.41. The summed E-state index contributed by atoms with van der Waals surface area (Å²) < 4.78 is 19.9. The summed E-state index contributed by atoms with van der Waals surface area (Å²) in [5, 5.41) is 11.6. The van der Waals surface area contributed by atoms with Gasteiger partial charge in [0.05, 0.1) is 22.1 Å². The minimum atomic E-state index is -4.30. The van der Waals surface area contributed by atoms with Gasteiger partial charge in [-0.2, -0.15) is 0 Å². The van der Waals surface area contributed by atoms with E-state index in [0.29, 0.717) is 12.2 Å². The molecule has 0 bridgehead atoms. The lowest BCUT2D eigenvalue weighted by Crippen LogP contribution is -2.36. The molecule has 0 spiro atoms. The molecule has 3 aromatic rings. The number of hydrogen-bond donors (Lipinski definition) is 2. The number of hydrogen-bond acceptors (Lipinski definition) is 7. The Balaban J connectivity index is 2.30. The number of aromatic amines is 1. The summed E-state index contributed by atoms with van der Waals surface area (Å²) in [5.74, 6) is 0.448. The van der Waals surface area contributed by atoms with E-state index in [1.807, 2.05) is 0 Å². The van der Waals surface area contributed by atoms with Crippen LogP contribution in [0.5, 0.6) is 0 Å². The van der Waals surface area contributed by atoms with Crippen molar-refractivity contribution in [3.8, 4) is 5.69 Å². The van der Waals surface area contributed by atoms with E-state index in [1.165, 1.54) is 23.0 Å². The normalized spacial score (nSPS) is 14.5. The standard InChI is InChI=1S/C17H20N5O7P/c1-4-10(2)29-30(27,28)9-21-13-8-14(20-6-5-18-11(20)3)15(22(25)26)7-12(13)19-16(23)17(21)24/h5-8,10H,4,9H2,1-3H3,(H,19,23)(H,27,28). The van der Waals surface area contributed by atoms with Crippen LogP contribution in [0.3, 0.4) is 0 Å². The van der Waals surface area contributed by atoms with E-state index >= 15 is 0 Å². The van der Waals surface area contributed by atoms with Crippen molar-refractivity contribution in [1.29, 1.82) is 0 Å². The van der Waals surface area contributed by atoms with Gasteiger partial charge in [0, 0.05) is 18.5 Å². The van der Waals surface area contributed by atoms with E-state index in [1.54, 1.807) is 20.8 Å². The Kier molecular flexibility index (Phi) is 5.75. The van der Waals surface area contributed by atoms with E-state index in [4.69, 9.17) is 4.52 Å². The Hall–Kier alpha value is -3.08. The van der Waals surface area contributed by atoms with Crippen molar-refractivity contribution in [3.63, 3.8) is 0 Å². The van der Waals surface area contributed by atoms with Gasteiger partial charge in [0.1, 0.15) is 17.8 Å². The van der Waals surface area contributed by atoms with E-state index in [9.17, 15) is 29.2 Å². The number of benzene rings is 1. The Morgan fingerprint density at radius 2 is 2.10 bits per heavy atom.